The maximum Gasteiger partial charge on any atom is 0.254 e. The van der Waals surface area contributed by atoms with Crippen LogP contribution in [0.2, 0.25) is 0 Å². The van der Waals surface area contributed by atoms with Crippen LogP contribution in [0, 0.1) is 0 Å². The minimum absolute atomic E-state index is 0.0384. The summed E-state index contributed by atoms with van der Waals surface area (Å²) in [7, 11) is -3.54. The van der Waals surface area contributed by atoms with Gasteiger partial charge in [0.1, 0.15) is 13.2 Å². The van der Waals surface area contributed by atoms with Gasteiger partial charge < -0.3 is 14.4 Å². The van der Waals surface area contributed by atoms with Crippen molar-refractivity contribution in [3.63, 3.8) is 0 Å². The van der Waals surface area contributed by atoms with Gasteiger partial charge in [-0.15, -0.1) is 0 Å². The Balaban J connectivity index is 1.55. The monoisotopic (exact) mass is 416 g/mol. The van der Waals surface area contributed by atoms with Crippen LogP contribution in [0.1, 0.15) is 41.7 Å². The number of rotatable bonds is 5. The Morgan fingerprint density at radius 2 is 1.83 bits per heavy atom. The third kappa shape index (κ3) is 3.95. The number of amides is 1. The first-order valence-electron chi connectivity index (χ1n) is 9.80. The van der Waals surface area contributed by atoms with Crippen LogP contribution >= 0.6 is 0 Å². The Morgan fingerprint density at radius 1 is 1.10 bits per heavy atom. The Bertz CT molecular complexity index is 1000. The second-order valence-electron chi connectivity index (χ2n) is 7.09. The third-order valence-electron chi connectivity index (χ3n) is 5.21. The predicted molar refractivity (Wildman–Crippen MR) is 108 cm³/mol. The van der Waals surface area contributed by atoms with E-state index in [1.54, 1.807) is 19.1 Å². The summed E-state index contributed by atoms with van der Waals surface area (Å²) in [6, 6.07) is 11.9. The lowest BCUT2D eigenvalue weighted by Gasteiger charge is -2.27. The number of benzene rings is 2. The predicted octanol–water partition coefficient (Wildman–Crippen LogP) is 2.73. The van der Waals surface area contributed by atoms with Crippen LogP contribution in [0.25, 0.3) is 0 Å². The highest BCUT2D eigenvalue weighted by molar-refractivity contribution is 7.89. The molecule has 0 aliphatic carbocycles. The van der Waals surface area contributed by atoms with Crippen LogP contribution < -0.4 is 14.2 Å². The minimum atomic E-state index is -3.54. The van der Waals surface area contributed by atoms with Crippen LogP contribution in [-0.4, -0.2) is 45.5 Å². The minimum Gasteiger partial charge on any atom is -0.486 e. The van der Waals surface area contributed by atoms with Crippen molar-refractivity contribution >= 4 is 15.9 Å². The fraction of sp³-hybridized carbons (Fsp3) is 0.381. The molecule has 29 heavy (non-hydrogen) atoms. The normalized spacial score (nSPS) is 18.7. The summed E-state index contributed by atoms with van der Waals surface area (Å²) in [5, 5.41) is 0. The number of sulfonamides is 1. The molecule has 0 unspecified atom stereocenters. The van der Waals surface area contributed by atoms with Crippen molar-refractivity contribution in [2.24, 2.45) is 0 Å². The number of carbonyl (C=O) groups is 1. The van der Waals surface area contributed by atoms with Gasteiger partial charge in [-0.25, -0.2) is 13.1 Å². The van der Waals surface area contributed by atoms with Gasteiger partial charge in [0.2, 0.25) is 10.0 Å². The Labute approximate surface area is 170 Å². The van der Waals surface area contributed by atoms with Gasteiger partial charge in [-0.05, 0) is 54.8 Å². The van der Waals surface area contributed by atoms with E-state index in [4.69, 9.17) is 9.47 Å². The summed E-state index contributed by atoms with van der Waals surface area (Å²) < 4.78 is 37.9. The zero-order chi connectivity index (χ0) is 20.4. The van der Waals surface area contributed by atoms with Crippen LogP contribution in [0.3, 0.4) is 0 Å². The molecule has 2 aliphatic rings. The van der Waals surface area contributed by atoms with E-state index in [0.717, 1.165) is 24.2 Å². The van der Waals surface area contributed by atoms with E-state index in [-0.39, 0.29) is 16.8 Å². The molecule has 0 bridgehead atoms. The van der Waals surface area contributed by atoms with Crippen LogP contribution in [0.4, 0.5) is 0 Å². The van der Waals surface area contributed by atoms with Gasteiger partial charge in [-0.3, -0.25) is 4.79 Å². The summed E-state index contributed by atoms with van der Waals surface area (Å²) in [6.45, 7) is 3.76. The molecule has 1 saturated heterocycles. The molecule has 0 saturated carbocycles. The van der Waals surface area contributed by atoms with Gasteiger partial charge in [0.25, 0.3) is 5.91 Å². The number of nitrogens with zero attached hydrogens (tertiary/aromatic N) is 1. The second kappa shape index (κ2) is 8.04. The van der Waals surface area contributed by atoms with Gasteiger partial charge in [0, 0.05) is 18.7 Å². The lowest BCUT2D eigenvalue weighted by atomic mass is 10.0. The first-order valence-corrected chi connectivity index (χ1v) is 11.3. The molecule has 1 atom stereocenters. The van der Waals surface area contributed by atoms with E-state index in [2.05, 4.69) is 4.72 Å². The SMILES string of the molecule is CCNS(=O)(=O)c1ccc(C(=O)N2CCC[C@@H]2c2ccc3c(c2)OCCO3)cc1. The molecule has 154 valence electrons. The topological polar surface area (TPSA) is 84.9 Å². The highest BCUT2D eigenvalue weighted by atomic mass is 32.2. The van der Waals surface area contributed by atoms with Crippen molar-refractivity contribution in [1.82, 2.24) is 9.62 Å². The number of nitrogens with one attached hydrogen (secondary N) is 1. The van der Waals surface area contributed by atoms with E-state index in [1.807, 2.05) is 23.1 Å². The summed E-state index contributed by atoms with van der Waals surface area (Å²) in [5.41, 5.74) is 1.50. The summed E-state index contributed by atoms with van der Waals surface area (Å²) in [5.74, 6) is 1.34. The molecular formula is C21H24N2O5S. The zero-order valence-corrected chi connectivity index (χ0v) is 17.1. The summed E-state index contributed by atoms with van der Waals surface area (Å²) >= 11 is 0. The van der Waals surface area contributed by atoms with E-state index in [0.29, 0.717) is 37.6 Å². The number of hydrogen-bond acceptors (Lipinski definition) is 5. The molecule has 2 aromatic carbocycles. The van der Waals surface area contributed by atoms with Crippen molar-refractivity contribution in [2.45, 2.75) is 30.7 Å². The molecule has 7 nitrogen and oxygen atoms in total. The zero-order valence-electron chi connectivity index (χ0n) is 16.3. The Morgan fingerprint density at radius 3 is 2.55 bits per heavy atom. The fourth-order valence-electron chi connectivity index (χ4n) is 3.84. The molecule has 4 rings (SSSR count). The summed E-state index contributed by atoms with van der Waals surface area (Å²) in [4.78, 5) is 15.1. The van der Waals surface area contributed by atoms with Gasteiger partial charge in [-0.1, -0.05) is 13.0 Å². The van der Waals surface area contributed by atoms with Crippen LogP contribution in [0.5, 0.6) is 11.5 Å². The Hall–Kier alpha value is -2.58. The van der Waals surface area contributed by atoms with Gasteiger partial charge in [0.05, 0.1) is 10.9 Å². The first kappa shape index (κ1) is 19.7. The molecule has 2 aromatic rings. The molecule has 1 amide bonds. The van der Waals surface area contributed by atoms with E-state index < -0.39 is 10.0 Å². The van der Waals surface area contributed by atoms with Crippen molar-refractivity contribution in [3.8, 4) is 11.5 Å². The standard InChI is InChI=1S/C21H24N2O5S/c1-2-22-29(25,26)17-8-5-15(6-9-17)21(24)23-11-3-4-18(23)16-7-10-19-20(14-16)28-13-12-27-19/h5-10,14,18,22H,2-4,11-13H2,1H3/t18-/m1/s1. The molecule has 2 heterocycles. The first-order chi connectivity index (χ1) is 14.0. The third-order valence-corrected chi connectivity index (χ3v) is 6.77. The molecule has 1 fully saturated rings. The molecule has 0 aromatic heterocycles. The molecular weight excluding hydrogens is 392 g/mol. The van der Waals surface area contributed by atoms with Crippen molar-refractivity contribution < 1.29 is 22.7 Å². The highest BCUT2D eigenvalue weighted by Gasteiger charge is 2.31. The van der Waals surface area contributed by atoms with Crippen molar-refractivity contribution in [1.29, 1.82) is 0 Å². The van der Waals surface area contributed by atoms with E-state index >= 15 is 0 Å². The second-order valence-corrected chi connectivity index (χ2v) is 8.85. The van der Waals surface area contributed by atoms with Gasteiger partial charge in [0.15, 0.2) is 11.5 Å². The number of hydrogen-bond donors (Lipinski definition) is 1. The average molecular weight is 416 g/mol. The van der Waals surface area contributed by atoms with Gasteiger partial charge >= 0.3 is 0 Å². The maximum atomic E-state index is 13.1. The van der Waals surface area contributed by atoms with Crippen molar-refractivity contribution in [3.05, 3.63) is 53.6 Å². The number of likely N-dealkylation sites (tertiary alicyclic amines) is 1. The van der Waals surface area contributed by atoms with Crippen molar-refractivity contribution in [2.75, 3.05) is 26.3 Å². The van der Waals surface area contributed by atoms with Crippen LogP contribution in [0.15, 0.2) is 47.4 Å². The van der Waals surface area contributed by atoms with E-state index in [1.165, 1.54) is 12.1 Å². The Kier molecular flexibility index (Phi) is 5.47. The number of fused-ring (bicyclic) bond motifs is 1. The largest absolute Gasteiger partial charge is 0.486 e. The van der Waals surface area contributed by atoms with Gasteiger partial charge in [-0.2, -0.15) is 0 Å². The quantitative estimate of drug-likeness (QED) is 0.810. The lowest BCUT2D eigenvalue weighted by molar-refractivity contribution is 0.0735. The molecule has 0 radical (unpaired) electrons. The smallest absolute Gasteiger partial charge is 0.254 e. The number of ether oxygens (including phenoxy) is 2. The molecule has 0 spiro atoms. The lowest BCUT2D eigenvalue weighted by Crippen LogP contribution is -2.30. The van der Waals surface area contributed by atoms with Crippen LogP contribution in [-0.2, 0) is 10.0 Å². The van der Waals surface area contributed by atoms with E-state index in [9.17, 15) is 13.2 Å². The highest BCUT2D eigenvalue weighted by Crippen LogP contribution is 2.38. The molecule has 8 heteroatoms. The molecule has 2 aliphatic heterocycles. The number of carbonyl (C=O) groups excluding carboxylic acids is 1. The maximum absolute atomic E-state index is 13.1. The average Bonchev–Trinajstić information content (AvgIpc) is 3.23. The fourth-order valence-corrected chi connectivity index (χ4v) is 4.88. The summed E-state index contributed by atoms with van der Waals surface area (Å²) in [6.07, 6.45) is 1.79. The molecule has 1 N–H and O–H groups in total.